The highest BCUT2D eigenvalue weighted by molar-refractivity contribution is 5.94. The molecule has 1 aliphatic rings. The predicted octanol–water partition coefficient (Wildman–Crippen LogP) is 1.60. The Labute approximate surface area is 157 Å². The van der Waals surface area contributed by atoms with Crippen LogP contribution >= 0.6 is 0 Å². The van der Waals surface area contributed by atoms with E-state index in [9.17, 15) is 4.79 Å². The highest BCUT2D eigenvalue weighted by Gasteiger charge is 2.18. The topological polar surface area (TPSA) is 91.8 Å². The summed E-state index contributed by atoms with van der Waals surface area (Å²) in [6.45, 7) is 2.39. The van der Waals surface area contributed by atoms with E-state index in [0.717, 1.165) is 12.0 Å². The minimum absolute atomic E-state index is 0.0157. The molecule has 2 aromatic rings. The van der Waals surface area contributed by atoms with Crippen LogP contribution in [0.1, 0.15) is 22.3 Å². The summed E-state index contributed by atoms with van der Waals surface area (Å²) in [5.41, 5.74) is 1.26. The number of ether oxygens (including phenoxy) is 4. The van der Waals surface area contributed by atoms with Gasteiger partial charge in [-0.3, -0.25) is 4.79 Å². The van der Waals surface area contributed by atoms with E-state index in [1.165, 1.54) is 0 Å². The molecule has 1 aliphatic heterocycles. The third-order valence-electron chi connectivity index (χ3n) is 3.99. The summed E-state index contributed by atoms with van der Waals surface area (Å²) < 4.78 is 21.6. The van der Waals surface area contributed by atoms with E-state index < -0.39 is 0 Å². The number of hydrogen-bond acceptors (Lipinski definition) is 7. The minimum Gasteiger partial charge on any atom is -0.475 e. The summed E-state index contributed by atoms with van der Waals surface area (Å²) in [6, 6.07) is 6.93. The van der Waals surface area contributed by atoms with Crippen molar-refractivity contribution >= 4 is 5.91 Å². The van der Waals surface area contributed by atoms with Crippen LogP contribution in [0.5, 0.6) is 11.8 Å². The number of carbonyl (C=O) groups is 1. The Morgan fingerprint density at radius 1 is 1.30 bits per heavy atom. The van der Waals surface area contributed by atoms with Crippen molar-refractivity contribution in [3.63, 3.8) is 0 Å². The second-order valence-corrected chi connectivity index (χ2v) is 5.98. The third-order valence-corrected chi connectivity index (χ3v) is 3.99. The average Bonchev–Trinajstić information content (AvgIpc) is 3.20. The van der Waals surface area contributed by atoms with Gasteiger partial charge in [-0.25, -0.2) is 9.97 Å². The number of carbonyl (C=O) groups excluding carboxylic acids is 1. The molecule has 1 amide bonds. The number of nitrogens with one attached hydrogen (secondary N) is 1. The van der Waals surface area contributed by atoms with Gasteiger partial charge in [-0.05, 0) is 12.1 Å². The maximum Gasteiger partial charge on any atom is 0.251 e. The SMILES string of the molecule is COCCOc1ncccc1CNC(=O)c1ccnc(OC2CCOC2)c1. The number of hydrogen-bond donors (Lipinski definition) is 1. The molecule has 1 atom stereocenters. The Kier molecular flexibility index (Phi) is 6.95. The lowest BCUT2D eigenvalue weighted by Crippen LogP contribution is -2.24. The fourth-order valence-electron chi connectivity index (χ4n) is 2.58. The largest absolute Gasteiger partial charge is 0.475 e. The van der Waals surface area contributed by atoms with Crippen LogP contribution in [0.4, 0.5) is 0 Å². The van der Waals surface area contributed by atoms with Gasteiger partial charge in [0.1, 0.15) is 12.7 Å². The molecule has 8 heteroatoms. The molecular formula is C19H23N3O5. The van der Waals surface area contributed by atoms with Crippen LogP contribution < -0.4 is 14.8 Å². The van der Waals surface area contributed by atoms with Gasteiger partial charge in [0, 0.05) is 49.7 Å². The van der Waals surface area contributed by atoms with Gasteiger partial charge in [0.15, 0.2) is 0 Å². The van der Waals surface area contributed by atoms with E-state index in [4.69, 9.17) is 18.9 Å². The van der Waals surface area contributed by atoms with E-state index in [-0.39, 0.29) is 12.0 Å². The van der Waals surface area contributed by atoms with E-state index in [1.807, 2.05) is 6.07 Å². The number of nitrogens with zero attached hydrogens (tertiary/aromatic N) is 2. The van der Waals surface area contributed by atoms with Crippen LogP contribution in [0.3, 0.4) is 0 Å². The third kappa shape index (κ3) is 5.63. The van der Waals surface area contributed by atoms with Crippen molar-refractivity contribution in [3.05, 3.63) is 47.8 Å². The van der Waals surface area contributed by atoms with Crippen molar-refractivity contribution in [2.75, 3.05) is 33.5 Å². The molecule has 1 unspecified atom stereocenters. The van der Waals surface area contributed by atoms with Crippen molar-refractivity contribution in [2.24, 2.45) is 0 Å². The van der Waals surface area contributed by atoms with Gasteiger partial charge in [-0.15, -0.1) is 0 Å². The van der Waals surface area contributed by atoms with Crippen LogP contribution in [0, 0.1) is 0 Å². The van der Waals surface area contributed by atoms with Crippen LogP contribution in [-0.2, 0) is 16.0 Å². The van der Waals surface area contributed by atoms with Gasteiger partial charge >= 0.3 is 0 Å². The maximum absolute atomic E-state index is 12.5. The summed E-state index contributed by atoms with van der Waals surface area (Å²) in [6.07, 6.45) is 4.01. The quantitative estimate of drug-likeness (QED) is 0.668. The van der Waals surface area contributed by atoms with Gasteiger partial charge in [-0.2, -0.15) is 0 Å². The first kappa shape index (κ1) is 19.1. The van der Waals surface area contributed by atoms with Crippen molar-refractivity contribution in [2.45, 2.75) is 19.1 Å². The molecule has 0 radical (unpaired) electrons. The van der Waals surface area contributed by atoms with E-state index >= 15 is 0 Å². The smallest absolute Gasteiger partial charge is 0.251 e. The van der Waals surface area contributed by atoms with Gasteiger partial charge < -0.3 is 24.3 Å². The lowest BCUT2D eigenvalue weighted by atomic mass is 10.2. The van der Waals surface area contributed by atoms with Crippen LogP contribution in [0.15, 0.2) is 36.7 Å². The lowest BCUT2D eigenvalue weighted by molar-refractivity contribution is 0.0948. The Hall–Kier alpha value is -2.71. The molecule has 1 N–H and O–H groups in total. The molecule has 2 aromatic heterocycles. The molecule has 0 aliphatic carbocycles. The Bertz CT molecular complexity index is 750. The summed E-state index contributed by atoms with van der Waals surface area (Å²) in [5, 5.41) is 2.87. The minimum atomic E-state index is -0.225. The number of aromatic nitrogens is 2. The van der Waals surface area contributed by atoms with Crippen molar-refractivity contribution in [1.82, 2.24) is 15.3 Å². The summed E-state index contributed by atoms with van der Waals surface area (Å²) in [7, 11) is 1.61. The number of rotatable bonds is 9. The van der Waals surface area contributed by atoms with Gasteiger partial charge in [0.05, 0.1) is 19.8 Å². The molecule has 8 nitrogen and oxygen atoms in total. The molecule has 1 saturated heterocycles. The zero-order chi connectivity index (χ0) is 18.9. The second-order valence-electron chi connectivity index (χ2n) is 5.98. The Morgan fingerprint density at radius 3 is 3.04 bits per heavy atom. The van der Waals surface area contributed by atoms with Gasteiger partial charge in [0.2, 0.25) is 11.8 Å². The van der Waals surface area contributed by atoms with Crippen molar-refractivity contribution in [1.29, 1.82) is 0 Å². The molecule has 27 heavy (non-hydrogen) atoms. The monoisotopic (exact) mass is 373 g/mol. The molecular weight excluding hydrogens is 350 g/mol. The average molecular weight is 373 g/mol. The molecule has 1 fully saturated rings. The molecule has 144 valence electrons. The molecule has 3 rings (SSSR count). The number of pyridine rings is 2. The molecule has 3 heterocycles. The lowest BCUT2D eigenvalue weighted by Gasteiger charge is -2.12. The van der Waals surface area contributed by atoms with Gasteiger partial charge in [-0.1, -0.05) is 6.07 Å². The number of amides is 1. The molecule has 0 aromatic carbocycles. The van der Waals surface area contributed by atoms with E-state index in [0.29, 0.717) is 50.3 Å². The van der Waals surface area contributed by atoms with E-state index in [1.54, 1.807) is 37.7 Å². The predicted molar refractivity (Wildman–Crippen MR) is 96.9 cm³/mol. The normalized spacial score (nSPS) is 16.1. The van der Waals surface area contributed by atoms with Crippen LogP contribution in [-0.4, -0.2) is 55.5 Å². The first-order chi connectivity index (χ1) is 13.3. The standard InChI is InChI=1S/C19H23N3O5/c1-24-9-10-26-19-15(3-2-6-21-19)12-22-18(23)14-4-7-20-17(11-14)27-16-5-8-25-13-16/h2-4,6-7,11,16H,5,8-10,12-13H2,1H3,(H,22,23). The molecule has 0 bridgehead atoms. The van der Waals surface area contributed by atoms with E-state index in [2.05, 4.69) is 15.3 Å². The first-order valence-corrected chi connectivity index (χ1v) is 8.80. The van der Waals surface area contributed by atoms with Crippen LogP contribution in [0.25, 0.3) is 0 Å². The Morgan fingerprint density at radius 2 is 2.22 bits per heavy atom. The zero-order valence-electron chi connectivity index (χ0n) is 15.2. The molecule has 0 spiro atoms. The fraction of sp³-hybridized carbons (Fsp3) is 0.421. The molecule has 0 saturated carbocycles. The van der Waals surface area contributed by atoms with Crippen molar-refractivity contribution < 1.29 is 23.7 Å². The van der Waals surface area contributed by atoms with Crippen molar-refractivity contribution in [3.8, 4) is 11.8 Å². The fourth-order valence-corrected chi connectivity index (χ4v) is 2.58. The summed E-state index contributed by atoms with van der Waals surface area (Å²) in [4.78, 5) is 20.8. The zero-order valence-corrected chi connectivity index (χ0v) is 15.2. The number of methoxy groups -OCH3 is 1. The highest BCUT2D eigenvalue weighted by atomic mass is 16.5. The van der Waals surface area contributed by atoms with Gasteiger partial charge in [0.25, 0.3) is 5.91 Å². The first-order valence-electron chi connectivity index (χ1n) is 8.80. The second kappa shape index (κ2) is 9.84. The maximum atomic E-state index is 12.5. The summed E-state index contributed by atoms with van der Waals surface area (Å²) >= 11 is 0. The highest BCUT2D eigenvalue weighted by Crippen LogP contribution is 2.17. The summed E-state index contributed by atoms with van der Waals surface area (Å²) in [5.74, 6) is 0.676. The Balaban J connectivity index is 1.58. The van der Waals surface area contributed by atoms with Crippen LogP contribution in [0.2, 0.25) is 0 Å².